The van der Waals surface area contributed by atoms with Gasteiger partial charge in [0, 0.05) is 32.7 Å². The summed E-state index contributed by atoms with van der Waals surface area (Å²) in [4.78, 5) is 15.8. The van der Waals surface area contributed by atoms with Gasteiger partial charge in [-0.05, 0) is 24.5 Å². The smallest absolute Gasteiger partial charge is 0.317 e. The van der Waals surface area contributed by atoms with E-state index in [-0.39, 0.29) is 11.8 Å². The Labute approximate surface area is 125 Å². The van der Waals surface area contributed by atoms with Crippen LogP contribution in [0.4, 0.5) is 14.9 Å². The van der Waals surface area contributed by atoms with Crippen molar-refractivity contribution >= 4 is 11.7 Å². The van der Waals surface area contributed by atoms with Crippen LogP contribution in [0.15, 0.2) is 24.3 Å². The van der Waals surface area contributed by atoms with Gasteiger partial charge in [-0.15, -0.1) is 0 Å². The third-order valence-corrected chi connectivity index (χ3v) is 3.76. The number of halogens is 1. The molecule has 21 heavy (non-hydrogen) atoms. The Morgan fingerprint density at radius 2 is 1.90 bits per heavy atom. The molecule has 0 radical (unpaired) electrons. The molecule has 1 saturated heterocycles. The van der Waals surface area contributed by atoms with Crippen LogP contribution in [0.1, 0.15) is 20.3 Å². The van der Waals surface area contributed by atoms with Gasteiger partial charge in [0.15, 0.2) is 0 Å². The first kappa shape index (κ1) is 15.6. The van der Waals surface area contributed by atoms with Gasteiger partial charge >= 0.3 is 6.03 Å². The van der Waals surface area contributed by atoms with Gasteiger partial charge < -0.3 is 15.1 Å². The van der Waals surface area contributed by atoms with Gasteiger partial charge in [0.2, 0.25) is 0 Å². The second kappa shape index (κ2) is 7.29. The Bertz CT molecular complexity index is 470. The molecule has 1 aromatic carbocycles. The lowest BCUT2D eigenvalue weighted by atomic mass is 10.1. The standard InChI is InChI=1S/C16H24FN3O/c1-13(2)7-8-18-16(21)20-11-9-19(10-12-20)15-6-4-3-5-14(15)17/h3-6,13H,7-12H2,1-2H3,(H,18,21). The molecule has 1 aliphatic heterocycles. The quantitative estimate of drug-likeness (QED) is 0.926. The summed E-state index contributed by atoms with van der Waals surface area (Å²) in [6.07, 6.45) is 0.987. The zero-order valence-corrected chi connectivity index (χ0v) is 12.8. The van der Waals surface area contributed by atoms with Crippen molar-refractivity contribution in [3.05, 3.63) is 30.1 Å². The topological polar surface area (TPSA) is 35.6 Å². The van der Waals surface area contributed by atoms with Gasteiger partial charge in [0.1, 0.15) is 5.82 Å². The number of hydrogen-bond donors (Lipinski definition) is 1. The van der Waals surface area contributed by atoms with E-state index in [9.17, 15) is 9.18 Å². The fourth-order valence-electron chi connectivity index (χ4n) is 2.44. The molecule has 0 bridgehead atoms. The molecular weight excluding hydrogens is 269 g/mol. The molecule has 1 heterocycles. The van der Waals surface area contributed by atoms with Crippen LogP contribution in [0.3, 0.4) is 0 Å². The van der Waals surface area contributed by atoms with E-state index in [1.165, 1.54) is 6.07 Å². The molecule has 0 unspecified atom stereocenters. The molecule has 1 N–H and O–H groups in total. The van der Waals surface area contributed by atoms with Crippen molar-refractivity contribution in [3.8, 4) is 0 Å². The zero-order valence-electron chi connectivity index (χ0n) is 12.8. The first-order valence-corrected chi connectivity index (χ1v) is 7.60. The van der Waals surface area contributed by atoms with Crippen LogP contribution < -0.4 is 10.2 Å². The van der Waals surface area contributed by atoms with Crippen LogP contribution in [-0.4, -0.2) is 43.7 Å². The van der Waals surface area contributed by atoms with Gasteiger partial charge in [0.05, 0.1) is 5.69 Å². The number of carbonyl (C=O) groups is 1. The normalized spacial score (nSPS) is 15.4. The van der Waals surface area contributed by atoms with E-state index in [2.05, 4.69) is 19.2 Å². The minimum Gasteiger partial charge on any atom is -0.366 e. The molecule has 0 aliphatic carbocycles. The maximum absolute atomic E-state index is 13.7. The van der Waals surface area contributed by atoms with Crippen LogP contribution in [0.5, 0.6) is 0 Å². The summed E-state index contributed by atoms with van der Waals surface area (Å²) in [6, 6.07) is 6.78. The summed E-state index contributed by atoms with van der Waals surface area (Å²) in [6.45, 7) is 7.57. The van der Waals surface area contributed by atoms with Crippen molar-refractivity contribution in [2.24, 2.45) is 5.92 Å². The molecule has 1 aliphatic rings. The summed E-state index contributed by atoms with van der Waals surface area (Å²) in [5.41, 5.74) is 0.623. The molecule has 0 spiro atoms. The number of para-hydroxylation sites is 1. The molecule has 0 saturated carbocycles. The molecule has 5 heteroatoms. The van der Waals surface area contributed by atoms with Crippen molar-refractivity contribution in [3.63, 3.8) is 0 Å². The Kier molecular flexibility index (Phi) is 5.42. The summed E-state index contributed by atoms with van der Waals surface area (Å²) >= 11 is 0. The average Bonchev–Trinajstić information content (AvgIpc) is 2.47. The van der Waals surface area contributed by atoms with Crippen molar-refractivity contribution in [2.75, 3.05) is 37.6 Å². The Morgan fingerprint density at radius 3 is 2.52 bits per heavy atom. The highest BCUT2D eigenvalue weighted by atomic mass is 19.1. The number of piperazine rings is 1. The van der Waals surface area contributed by atoms with Crippen molar-refractivity contribution in [2.45, 2.75) is 20.3 Å². The van der Waals surface area contributed by atoms with Crippen LogP contribution in [-0.2, 0) is 0 Å². The number of anilines is 1. The lowest BCUT2D eigenvalue weighted by Gasteiger charge is -2.36. The van der Waals surface area contributed by atoms with Gasteiger partial charge in [0.25, 0.3) is 0 Å². The van der Waals surface area contributed by atoms with Crippen molar-refractivity contribution in [1.82, 2.24) is 10.2 Å². The summed E-state index contributed by atoms with van der Waals surface area (Å²) < 4.78 is 13.7. The van der Waals surface area contributed by atoms with Gasteiger partial charge in [-0.25, -0.2) is 9.18 Å². The number of nitrogens with one attached hydrogen (secondary N) is 1. The van der Waals surface area contributed by atoms with E-state index in [1.54, 1.807) is 17.0 Å². The highest BCUT2D eigenvalue weighted by molar-refractivity contribution is 5.74. The van der Waals surface area contributed by atoms with Crippen LogP contribution in [0.25, 0.3) is 0 Å². The molecule has 116 valence electrons. The number of urea groups is 1. The highest BCUT2D eigenvalue weighted by Crippen LogP contribution is 2.20. The molecule has 2 amide bonds. The predicted octanol–water partition coefficient (Wildman–Crippen LogP) is 2.70. The number of hydrogen-bond acceptors (Lipinski definition) is 2. The third kappa shape index (κ3) is 4.34. The molecule has 0 atom stereocenters. The van der Waals surface area contributed by atoms with Gasteiger partial charge in [-0.2, -0.15) is 0 Å². The second-order valence-electron chi connectivity index (χ2n) is 5.84. The third-order valence-electron chi connectivity index (χ3n) is 3.76. The zero-order chi connectivity index (χ0) is 15.2. The summed E-state index contributed by atoms with van der Waals surface area (Å²) in [7, 11) is 0. The number of amides is 2. The molecule has 4 nitrogen and oxygen atoms in total. The van der Waals surface area contributed by atoms with E-state index in [0.717, 1.165) is 6.42 Å². The Balaban J connectivity index is 1.80. The fourth-order valence-corrected chi connectivity index (χ4v) is 2.44. The highest BCUT2D eigenvalue weighted by Gasteiger charge is 2.22. The van der Waals surface area contributed by atoms with E-state index < -0.39 is 0 Å². The number of carbonyl (C=O) groups excluding carboxylic acids is 1. The van der Waals surface area contributed by atoms with Gasteiger partial charge in [-0.3, -0.25) is 0 Å². The maximum Gasteiger partial charge on any atom is 0.317 e. The molecule has 1 aromatic rings. The first-order valence-electron chi connectivity index (χ1n) is 7.60. The minimum absolute atomic E-state index is 0.0103. The van der Waals surface area contributed by atoms with E-state index in [0.29, 0.717) is 44.3 Å². The van der Waals surface area contributed by atoms with Gasteiger partial charge in [-0.1, -0.05) is 26.0 Å². The van der Waals surface area contributed by atoms with Crippen LogP contribution in [0, 0.1) is 11.7 Å². The number of nitrogens with zero attached hydrogens (tertiary/aromatic N) is 2. The maximum atomic E-state index is 13.7. The molecular formula is C16H24FN3O. The molecule has 1 fully saturated rings. The lowest BCUT2D eigenvalue weighted by Crippen LogP contribution is -2.52. The minimum atomic E-state index is -0.202. The van der Waals surface area contributed by atoms with E-state index >= 15 is 0 Å². The Hall–Kier alpha value is -1.78. The van der Waals surface area contributed by atoms with Crippen LogP contribution >= 0.6 is 0 Å². The number of rotatable bonds is 4. The van der Waals surface area contributed by atoms with Crippen molar-refractivity contribution in [1.29, 1.82) is 0 Å². The summed E-state index contributed by atoms with van der Waals surface area (Å²) in [5.74, 6) is 0.385. The number of benzene rings is 1. The second-order valence-corrected chi connectivity index (χ2v) is 5.84. The summed E-state index contributed by atoms with van der Waals surface area (Å²) in [5, 5.41) is 2.94. The largest absolute Gasteiger partial charge is 0.366 e. The Morgan fingerprint density at radius 1 is 1.24 bits per heavy atom. The van der Waals surface area contributed by atoms with E-state index in [1.807, 2.05) is 11.0 Å². The molecule has 2 rings (SSSR count). The van der Waals surface area contributed by atoms with E-state index in [4.69, 9.17) is 0 Å². The van der Waals surface area contributed by atoms with Crippen LogP contribution in [0.2, 0.25) is 0 Å². The first-order chi connectivity index (χ1) is 10.1. The SMILES string of the molecule is CC(C)CCNC(=O)N1CCN(c2ccccc2F)CC1. The average molecular weight is 293 g/mol. The monoisotopic (exact) mass is 293 g/mol. The fraction of sp³-hybridized carbons (Fsp3) is 0.562. The molecule has 0 aromatic heterocycles. The van der Waals surface area contributed by atoms with Crippen molar-refractivity contribution < 1.29 is 9.18 Å². The lowest BCUT2D eigenvalue weighted by molar-refractivity contribution is 0.193. The predicted molar refractivity (Wildman–Crippen MR) is 83.0 cm³/mol.